The van der Waals surface area contributed by atoms with Gasteiger partial charge in [-0.1, -0.05) is 19.1 Å². The molecule has 0 aliphatic rings. The minimum Gasteiger partial charge on any atom is -0.434 e. The second-order valence-corrected chi connectivity index (χ2v) is 4.13. The molecule has 0 aromatic heterocycles. The average Bonchev–Trinajstić information content (AvgIpc) is 2.38. The molecule has 1 atom stereocenters. The number of halogens is 2. The molecule has 1 rings (SSSR count). The van der Waals surface area contributed by atoms with E-state index < -0.39 is 18.1 Å². The second-order valence-electron chi connectivity index (χ2n) is 4.13. The highest BCUT2D eigenvalue weighted by atomic mass is 19.3. The Bertz CT molecular complexity index is 500. The topological polar surface area (TPSA) is 62.1 Å². The van der Waals surface area contributed by atoms with Gasteiger partial charge in [0, 0.05) is 0 Å². The van der Waals surface area contributed by atoms with Crippen molar-refractivity contribution in [1.29, 1.82) is 5.26 Å². The molecule has 0 spiro atoms. The van der Waals surface area contributed by atoms with Crippen LogP contribution in [0.15, 0.2) is 24.3 Å². The summed E-state index contributed by atoms with van der Waals surface area (Å²) in [7, 11) is 0. The molecule has 0 aliphatic heterocycles. The summed E-state index contributed by atoms with van der Waals surface area (Å²) in [5, 5.41) is 11.5. The number of carbonyl (C=O) groups excluding carboxylic acids is 1. The summed E-state index contributed by atoms with van der Waals surface area (Å²) in [5.41, 5.74) is -1.08. The van der Waals surface area contributed by atoms with Crippen LogP contribution in [0.2, 0.25) is 0 Å². The first-order valence-corrected chi connectivity index (χ1v) is 5.69. The van der Waals surface area contributed by atoms with Gasteiger partial charge in [0.1, 0.15) is 11.3 Å². The van der Waals surface area contributed by atoms with Crippen LogP contribution in [0.4, 0.5) is 8.78 Å². The van der Waals surface area contributed by atoms with Crippen molar-refractivity contribution in [2.24, 2.45) is 0 Å². The van der Waals surface area contributed by atoms with Gasteiger partial charge in [0.05, 0.1) is 11.6 Å². The minimum absolute atomic E-state index is 0.0299. The summed E-state index contributed by atoms with van der Waals surface area (Å²) >= 11 is 0. The van der Waals surface area contributed by atoms with Gasteiger partial charge in [0.2, 0.25) is 0 Å². The van der Waals surface area contributed by atoms with E-state index in [1.54, 1.807) is 13.8 Å². The van der Waals surface area contributed by atoms with E-state index in [9.17, 15) is 13.6 Å². The molecule has 1 amide bonds. The number of ether oxygens (including phenoxy) is 1. The summed E-state index contributed by atoms with van der Waals surface area (Å²) in [6, 6.07) is 7.62. The molecule has 0 saturated carbocycles. The number of hydrogen-bond donors (Lipinski definition) is 1. The van der Waals surface area contributed by atoms with Gasteiger partial charge in [-0.25, -0.2) is 0 Å². The minimum atomic E-state index is -3.01. The summed E-state index contributed by atoms with van der Waals surface area (Å²) in [6.07, 6.45) is 0.396. The maximum absolute atomic E-state index is 12.2. The van der Waals surface area contributed by atoms with Gasteiger partial charge in [-0.2, -0.15) is 14.0 Å². The fourth-order valence-electron chi connectivity index (χ4n) is 1.37. The van der Waals surface area contributed by atoms with Crippen LogP contribution in [0.5, 0.6) is 5.75 Å². The van der Waals surface area contributed by atoms with Crippen LogP contribution in [-0.4, -0.2) is 18.1 Å². The third-order valence-electron chi connectivity index (χ3n) is 2.69. The van der Waals surface area contributed by atoms with Gasteiger partial charge in [-0.3, -0.25) is 4.79 Å². The van der Waals surface area contributed by atoms with Crippen LogP contribution in [0, 0.1) is 11.3 Å². The molecule has 0 fully saturated rings. The molecule has 0 radical (unpaired) electrons. The zero-order valence-electron chi connectivity index (χ0n) is 10.6. The summed E-state index contributed by atoms with van der Waals surface area (Å²) in [6.45, 7) is 0.287. The lowest BCUT2D eigenvalue weighted by Gasteiger charge is -2.21. The maximum Gasteiger partial charge on any atom is 0.387 e. The third kappa shape index (κ3) is 3.91. The van der Waals surface area contributed by atoms with E-state index in [-0.39, 0.29) is 11.3 Å². The Balaban J connectivity index is 2.97. The summed E-state index contributed by atoms with van der Waals surface area (Å²) in [4.78, 5) is 12.0. The highest BCUT2D eigenvalue weighted by Crippen LogP contribution is 2.21. The molecule has 1 aromatic rings. The maximum atomic E-state index is 12.2. The molecule has 1 aromatic carbocycles. The fourth-order valence-corrected chi connectivity index (χ4v) is 1.37. The highest BCUT2D eigenvalue weighted by molar-refractivity contribution is 5.97. The molecular formula is C13H14F2N2O2. The number of benzene rings is 1. The average molecular weight is 268 g/mol. The zero-order valence-corrected chi connectivity index (χ0v) is 10.6. The van der Waals surface area contributed by atoms with Crippen molar-refractivity contribution in [3.63, 3.8) is 0 Å². The van der Waals surface area contributed by atoms with Gasteiger partial charge in [0.15, 0.2) is 0 Å². The van der Waals surface area contributed by atoms with Crippen molar-refractivity contribution >= 4 is 5.91 Å². The Hall–Kier alpha value is -2.16. The first-order valence-electron chi connectivity index (χ1n) is 5.69. The van der Waals surface area contributed by atoms with Gasteiger partial charge in [-0.05, 0) is 25.5 Å². The number of alkyl halides is 2. The Morgan fingerprint density at radius 1 is 1.53 bits per heavy atom. The van der Waals surface area contributed by atoms with Gasteiger partial charge >= 0.3 is 6.61 Å². The van der Waals surface area contributed by atoms with Crippen molar-refractivity contribution < 1.29 is 18.3 Å². The standard InChI is InChI=1S/C13H14F2N2O2/c1-3-13(2,8-16)17-11(18)9-6-4-5-7-10(9)19-12(14)15/h4-7,12H,3H2,1-2H3,(H,17,18)/t13-/m0/s1. The smallest absolute Gasteiger partial charge is 0.387 e. The van der Waals surface area contributed by atoms with Crippen LogP contribution in [0.25, 0.3) is 0 Å². The predicted molar refractivity (Wildman–Crippen MR) is 64.8 cm³/mol. The number of carbonyl (C=O) groups is 1. The van der Waals surface area contributed by atoms with E-state index in [2.05, 4.69) is 10.1 Å². The molecular weight excluding hydrogens is 254 g/mol. The summed E-state index contributed by atoms with van der Waals surface area (Å²) < 4.78 is 28.7. The largest absolute Gasteiger partial charge is 0.434 e. The van der Waals surface area contributed by atoms with E-state index in [0.29, 0.717) is 6.42 Å². The van der Waals surface area contributed by atoms with Gasteiger partial charge in [0.25, 0.3) is 5.91 Å². The molecule has 0 aliphatic carbocycles. The molecule has 6 heteroatoms. The van der Waals surface area contributed by atoms with Crippen LogP contribution in [-0.2, 0) is 0 Å². The van der Waals surface area contributed by atoms with Crippen molar-refractivity contribution in [2.45, 2.75) is 32.4 Å². The molecule has 0 bridgehead atoms. The Kier molecular flexibility index (Phi) is 4.81. The van der Waals surface area contributed by atoms with Crippen LogP contribution in [0.3, 0.4) is 0 Å². The quantitative estimate of drug-likeness (QED) is 0.893. The number of rotatable bonds is 5. The van der Waals surface area contributed by atoms with E-state index >= 15 is 0 Å². The Morgan fingerprint density at radius 3 is 2.68 bits per heavy atom. The van der Waals surface area contributed by atoms with Crippen molar-refractivity contribution in [3.05, 3.63) is 29.8 Å². The first kappa shape index (κ1) is 14.9. The molecule has 0 heterocycles. The number of amides is 1. The molecule has 19 heavy (non-hydrogen) atoms. The lowest BCUT2D eigenvalue weighted by atomic mass is 10.0. The molecule has 1 N–H and O–H groups in total. The predicted octanol–water partition coefficient (Wildman–Crippen LogP) is 2.71. The normalized spacial score (nSPS) is 13.5. The van der Waals surface area contributed by atoms with Crippen molar-refractivity contribution in [2.75, 3.05) is 0 Å². The fraction of sp³-hybridized carbons (Fsp3) is 0.385. The van der Waals surface area contributed by atoms with Crippen molar-refractivity contribution in [3.8, 4) is 11.8 Å². The van der Waals surface area contributed by atoms with Crippen LogP contribution >= 0.6 is 0 Å². The number of para-hydroxylation sites is 1. The molecule has 4 nitrogen and oxygen atoms in total. The zero-order chi connectivity index (χ0) is 14.5. The van der Waals surface area contributed by atoms with E-state index in [4.69, 9.17) is 5.26 Å². The lowest BCUT2D eigenvalue weighted by molar-refractivity contribution is -0.0501. The van der Waals surface area contributed by atoms with Crippen LogP contribution in [0.1, 0.15) is 30.6 Å². The Morgan fingerprint density at radius 2 is 2.16 bits per heavy atom. The number of nitrogens with one attached hydrogen (secondary N) is 1. The van der Waals surface area contributed by atoms with E-state index in [0.717, 1.165) is 0 Å². The van der Waals surface area contributed by atoms with E-state index in [1.807, 2.05) is 6.07 Å². The monoisotopic (exact) mass is 268 g/mol. The van der Waals surface area contributed by atoms with Gasteiger partial charge < -0.3 is 10.1 Å². The molecule has 0 saturated heterocycles. The first-order chi connectivity index (χ1) is 8.91. The van der Waals surface area contributed by atoms with E-state index in [1.165, 1.54) is 24.3 Å². The number of nitrogens with zero attached hydrogens (tertiary/aromatic N) is 1. The third-order valence-corrected chi connectivity index (χ3v) is 2.69. The molecule has 102 valence electrons. The summed E-state index contributed by atoms with van der Waals surface area (Å²) in [5.74, 6) is -0.839. The SMILES string of the molecule is CC[C@@](C)(C#N)NC(=O)c1ccccc1OC(F)F. The highest BCUT2D eigenvalue weighted by Gasteiger charge is 2.26. The molecule has 0 unspecified atom stereocenters. The Labute approximate surface area is 110 Å². The number of nitriles is 1. The lowest BCUT2D eigenvalue weighted by Crippen LogP contribution is -2.44. The van der Waals surface area contributed by atoms with Crippen LogP contribution < -0.4 is 10.1 Å². The number of hydrogen-bond acceptors (Lipinski definition) is 3. The second kappa shape index (κ2) is 6.14. The van der Waals surface area contributed by atoms with Gasteiger partial charge in [-0.15, -0.1) is 0 Å². The van der Waals surface area contributed by atoms with Crippen molar-refractivity contribution in [1.82, 2.24) is 5.32 Å².